The first-order valence-corrected chi connectivity index (χ1v) is 5.45. The van der Waals surface area contributed by atoms with Crippen molar-refractivity contribution in [3.8, 4) is 5.75 Å². The molecule has 2 rings (SSSR count). The van der Waals surface area contributed by atoms with Crippen molar-refractivity contribution in [2.24, 2.45) is 0 Å². The molecule has 1 N–H and O–H groups in total. The molecule has 0 saturated carbocycles. The lowest BCUT2D eigenvalue weighted by Crippen LogP contribution is -2.33. The molecule has 0 bridgehead atoms. The zero-order chi connectivity index (χ0) is 12.6. The quantitative estimate of drug-likeness (QED) is 0.866. The van der Waals surface area contributed by atoms with E-state index in [0.717, 1.165) is 17.5 Å². The summed E-state index contributed by atoms with van der Waals surface area (Å²) in [6.45, 7) is -0.905. The highest BCUT2D eigenvalue weighted by atomic mass is 19.4. The molecule has 1 unspecified atom stereocenters. The van der Waals surface area contributed by atoms with Crippen molar-refractivity contribution in [1.82, 2.24) is 4.90 Å². The van der Waals surface area contributed by atoms with Crippen LogP contribution in [0.4, 0.5) is 13.2 Å². The van der Waals surface area contributed by atoms with E-state index in [1.807, 2.05) is 0 Å². The Morgan fingerprint density at radius 2 is 2.12 bits per heavy atom. The summed E-state index contributed by atoms with van der Waals surface area (Å²) in [5.74, 6) is 0.169. The van der Waals surface area contributed by atoms with E-state index in [9.17, 15) is 18.3 Å². The maximum absolute atomic E-state index is 12.3. The summed E-state index contributed by atoms with van der Waals surface area (Å²) in [4.78, 5) is 1.32. The van der Waals surface area contributed by atoms with Crippen molar-refractivity contribution in [3.05, 3.63) is 29.3 Å². The average molecular weight is 245 g/mol. The monoisotopic (exact) mass is 245 g/mol. The van der Waals surface area contributed by atoms with Gasteiger partial charge in [-0.1, -0.05) is 6.07 Å². The minimum Gasteiger partial charge on any atom is -0.508 e. The van der Waals surface area contributed by atoms with Gasteiger partial charge < -0.3 is 5.11 Å². The van der Waals surface area contributed by atoms with Gasteiger partial charge in [0, 0.05) is 6.04 Å². The number of halogens is 3. The maximum Gasteiger partial charge on any atom is 0.401 e. The second-order valence-corrected chi connectivity index (χ2v) is 4.47. The van der Waals surface area contributed by atoms with Crippen molar-refractivity contribution in [2.75, 3.05) is 13.6 Å². The summed E-state index contributed by atoms with van der Waals surface area (Å²) >= 11 is 0. The van der Waals surface area contributed by atoms with E-state index in [0.29, 0.717) is 6.42 Å². The molecule has 1 atom stereocenters. The Morgan fingerprint density at radius 3 is 2.76 bits per heavy atom. The number of aryl methyl sites for hydroxylation is 1. The van der Waals surface area contributed by atoms with Gasteiger partial charge in [-0.15, -0.1) is 0 Å². The molecule has 0 amide bonds. The van der Waals surface area contributed by atoms with Crippen LogP contribution in [0.2, 0.25) is 0 Å². The van der Waals surface area contributed by atoms with Gasteiger partial charge in [-0.25, -0.2) is 0 Å². The fourth-order valence-corrected chi connectivity index (χ4v) is 2.43. The lowest BCUT2D eigenvalue weighted by Gasteiger charge is -2.26. The first kappa shape index (κ1) is 12.2. The number of phenols is 1. The van der Waals surface area contributed by atoms with Gasteiger partial charge in [-0.3, -0.25) is 4.90 Å². The molecule has 0 radical (unpaired) electrons. The fourth-order valence-electron chi connectivity index (χ4n) is 2.43. The molecule has 0 fully saturated rings. The van der Waals surface area contributed by atoms with E-state index in [-0.39, 0.29) is 11.8 Å². The molecular formula is C12H14F3NO. The lowest BCUT2D eigenvalue weighted by atomic mass is 10.1. The van der Waals surface area contributed by atoms with E-state index in [1.165, 1.54) is 18.0 Å². The number of nitrogens with zero attached hydrogens (tertiary/aromatic N) is 1. The maximum atomic E-state index is 12.3. The Bertz CT molecular complexity index is 417. The minimum atomic E-state index is -4.17. The number of hydrogen-bond acceptors (Lipinski definition) is 2. The second kappa shape index (κ2) is 4.22. The number of rotatable bonds is 2. The first-order chi connectivity index (χ1) is 7.87. The minimum absolute atomic E-state index is 0.169. The van der Waals surface area contributed by atoms with E-state index in [1.54, 1.807) is 12.1 Å². The van der Waals surface area contributed by atoms with Gasteiger partial charge in [0.25, 0.3) is 0 Å². The molecule has 94 valence electrons. The number of fused-ring (bicyclic) bond motifs is 1. The summed E-state index contributed by atoms with van der Waals surface area (Å²) in [5.41, 5.74) is 1.85. The number of phenolic OH excluding ortho intramolecular Hbond substituents is 1. The Labute approximate surface area is 97.7 Å². The highest BCUT2D eigenvalue weighted by molar-refractivity contribution is 5.40. The van der Waals surface area contributed by atoms with Crippen LogP contribution in [-0.2, 0) is 6.42 Å². The van der Waals surface area contributed by atoms with Crippen LogP contribution in [0, 0.1) is 0 Å². The number of aromatic hydroxyl groups is 1. The summed E-state index contributed by atoms with van der Waals surface area (Å²) in [6.07, 6.45) is -2.78. The Morgan fingerprint density at radius 1 is 1.41 bits per heavy atom. The van der Waals surface area contributed by atoms with E-state index in [2.05, 4.69) is 0 Å². The zero-order valence-electron chi connectivity index (χ0n) is 9.46. The topological polar surface area (TPSA) is 23.5 Å². The fraction of sp³-hybridized carbons (Fsp3) is 0.500. The van der Waals surface area contributed by atoms with Gasteiger partial charge in [0.2, 0.25) is 0 Å². The van der Waals surface area contributed by atoms with Gasteiger partial charge >= 0.3 is 6.18 Å². The molecular weight excluding hydrogens is 231 g/mol. The second-order valence-electron chi connectivity index (χ2n) is 4.47. The van der Waals surface area contributed by atoms with Crippen LogP contribution in [0.15, 0.2) is 18.2 Å². The molecule has 0 heterocycles. The van der Waals surface area contributed by atoms with Crippen LogP contribution in [0.1, 0.15) is 23.6 Å². The molecule has 1 aromatic rings. The number of benzene rings is 1. The molecule has 17 heavy (non-hydrogen) atoms. The largest absolute Gasteiger partial charge is 0.508 e. The lowest BCUT2D eigenvalue weighted by molar-refractivity contribution is -0.147. The predicted octanol–water partition coefficient (Wildman–Crippen LogP) is 2.87. The molecule has 1 aliphatic rings. The normalized spacial score (nSPS) is 19.7. The smallest absolute Gasteiger partial charge is 0.401 e. The third-order valence-corrected chi connectivity index (χ3v) is 3.13. The average Bonchev–Trinajstić information content (AvgIpc) is 2.57. The molecule has 0 spiro atoms. The van der Waals surface area contributed by atoms with Crippen molar-refractivity contribution in [1.29, 1.82) is 0 Å². The van der Waals surface area contributed by atoms with Gasteiger partial charge in [-0.05, 0) is 43.1 Å². The summed E-state index contributed by atoms with van der Waals surface area (Å²) in [5, 5.41) is 9.31. The molecule has 0 aliphatic heterocycles. The Balaban J connectivity index is 2.16. The Kier molecular flexibility index (Phi) is 3.03. The molecule has 0 saturated heterocycles. The summed E-state index contributed by atoms with van der Waals surface area (Å²) in [7, 11) is 1.49. The van der Waals surface area contributed by atoms with Crippen LogP contribution in [0.3, 0.4) is 0 Å². The third kappa shape index (κ3) is 2.72. The highest BCUT2D eigenvalue weighted by Gasteiger charge is 2.34. The summed E-state index contributed by atoms with van der Waals surface area (Å²) in [6, 6.07) is 4.68. The number of alkyl halides is 3. The van der Waals surface area contributed by atoms with Gasteiger partial charge in [0.05, 0.1) is 6.54 Å². The van der Waals surface area contributed by atoms with Crippen molar-refractivity contribution in [2.45, 2.75) is 25.1 Å². The standard InChI is InChI=1S/C12H14F3NO/c1-16(7-12(13,14)15)11-5-2-8-6-9(17)3-4-10(8)11/h3-4,6,11,17H,2,5,7H2,1H3. The molecule has 1 aromatic carbocycles. The summed E-state index contributed by atoms with van der Waals surface area (Å²) < 4.78 is 37.0. The van der Waals surface area contributed by atoms with Crippen LogP contribution >= 0.6 is 0 Å². The molecule has 5 heteroatoms. The van der Waals surface area contributed by atoms with E-state index >= 15 is 0 Å². The van der Waals surface area contributed by atoms with Crippen molar-refractivity contribution >= 4 is 0 Å². The first-order valence-electron chi connectivity index (χ1n) is 5.45. The number of hydrogen-bond donors (Lipinski definition) is 1. The molecule has 1 aliphatic carbocycles. The SMILES string of the molecule is CN(CC(F)(F)F)C1CCc2cc(O)ccc21. The Hall–Kier alpha value is -1.23. The van der Waals surface area contributed by atoms with Crippen LogP contribution in [0.5, 0.6) is 5.75 Å². The van der Waals surface area contributed by atoms with Crippen LogP contribution in [0.25, 0.3) is 0 Å². The van der Waals surface area contributed by atoms with Gasteiger partial charge in [0.15, 0.2) is 0 Å². The van der Waals surface area contributed by atoms with Crippen molar-refractivity contribution < 1.29 is 18.3 Å². The van der Waals surface area contributed by atoms with Gasteiger partial charge in [0.1, 0.15) is 5.75 Å². The zero-order valence-corrected chi connectivity index (χ0v) is 9.46. The van der Waals surface area contributed by atoms with Crippen LogP contribution in [-0.4, -0.2) is 29.8 Å². The van der Waals surface area contributed by atoms with Crippen LogP contribution < -0.4 is 0 Å². The molecule has 0 aromatic heterocycles. The predicted molar refractivity (Wildman–Crippen MR) is 57.9 cm³/mol. The molecule has 2 nitrogen and oxygen atoms in total. The van der Waals surface area contributed by atoms with Crippen molar-refractivity contribution in [3.63, 3.8) is 0 Å². The van der Waals surface area contributed by atoms with E-state index in [4.69, 9.17) is 0 Å². The highest BCUT2D eigenvalue weighted by Crippen LogP contribution is 2.37. The van der Waals surface area contributed by atoms with E-state index < -0.39 is 12.7 Å². The third-order valence-electron chi connectivity index (χ3n) is 3.13. The van der Waals surface area contributed by atoms with Gasteiger partial charge in [-0.2, -0.15) is 13.2 Å².